The van der Waals surface area contributed by atoms with Crippen LogP contribution in [-0.2, 0) is 4.79 Å². The van der Waals surface area contributed by atoms with E-state index in [0.717, 1.165) is 4.47 Å². The van der Waals surface area contributed by atoms with Crippen LogP contribution in [0.1, 0.15) is 23.2 Å². The lowest BCUT2D eigenvalue weighted by molar-refractivity contribution is -0.116. The van der Waals surface area contributed by atoms with E-state index in [9.17, 15) is 9.59 Å². The lowest BCUT2D eigenvalue weighted by Crippen LogP contribution is -2.14. The van der Waals surface area contributed by atoms with E-state index < -0.39 is 0 Å². The molecule has 2 aromatic carbocycles. The van der Waals surface area contributed by atoms with E-state index in [1.54, 1.807) is 42.5 Å². The molecule has 0 radical (unpaired) electrons. The molecule has 0 aromatic heterocycles. The summed E-state index contributed by atoms with van der Waals surface area (Å²) in [5.41, 5.74) is 1.74. The van der Waals surface area contributed by atoms with Gasteiger partial charge >= 0.3 is 0 Å². The number of carbonyl (C=O) groups is 2. The van der Waals surface area contributed by atoms with Crippen LogP contribution >= 0.6 is 15.9 Å². The quantitative estimate of drug-likeness (QED) is 0.779. The van der Waals surface area contributed by atoms with E-state index in [4.69, 9.17) is 6.42 Å². The number of halogens is 1. The second-order valence-electron chi connectivity index (χ2n) is 4.77. The molecule has 0 atom stereocenters. The predicted molar refractivity (Wildman–Crippen MR) is 95.2 cm³/mol. The number of rotatable bonds is 5. The maximum absolute atomic E-state index is 12.3. The molecule has 0 saturated heterocycles. The van der Waals surface area contributed by atoms with Crippen molar-refractivity contribution in [2.24, 2.45) is 0 Å². The Bertz CT molecular complexity index is 766. The lowest BCUT2D eigenvalue weighted by atomic mass is 10.2. The molecule has 0 bridgehead atoms. The van der Waals surface area contributed by atoms with Crippen LogP contribution in [0.25, 0.3) is 0 Å². The molecule has 0 fully saturated rings. The number of terminal acetylenes is 1. The first-order chi connectivity index (χ1) is 11.1. The molecule has 0 heterocycles. The zero-order valence-electron chi connectivity index (χ0n) is 12.3. The van der Waals surface area contributed by atoms with E-state index in [2.05, 4.69) is 32.5 Å². The molecule has 2 amide bonds. The number of hydrogen-bond acceptors (Lipinski definition) is 2. The van der Waals surface area contributed by atoms with Gasteiger partial charge in [-0.1, -0.05) is 18.2 Å². The molecule has 0 unspecified atom stereocenters. The van der Waals surface area contributed by atoms with Gasteiger partial charge < -0.3 is 10.6 Å². The molecule has 2 N–H and O–H groups in total. The van der Waals surface area contributed by atoms with Crippen molar-refractivity contribution in [3.05, 3.63) is 58.6 Å². The van der Waals surface area contributed by atoms with Crippen molar-refractivity contribution in [1.82, 2.24) is 0 Å². The Balaban J connectivity index is 2.06. The highest BCUT2D eigenvalue weighted by Crippen LogP contribution is 2.20. The first kappa shape index (κ1) is 16.8. The maximum atomic E-state index is 12.3. The van der Waals surface area contributed by atoms with Crippen LogP contribution in [0.4, 0.5) is 11.4 Å². The van der Waals surface area contributed by atoms with Gasteiger partial charge in [-0.15, -0.1) is 12.3 Å². The summed E-state index contributed by atoms with van der Waals surface area (Å²) >= 11 is 3.35. The lowest BCUT2D eigenvalue weighted by Gasteiger charge is -2.09. The first-order valence-corrected chi connectivity index (χ1v) is 7.78. The van der Waals surface area contributed by atoms with Crippen molar-refractivity contribution in [3.63, 3.8) is 0 Å². The highest BCUT2D eigenvalue weighted by atomic mass is 79.9. The largest absolute Gasteiger partial charge is 0.326 e. The highest BCUT2D eigenvalue weighted by Gasteiger charge is 2.10. The van der Waals surface area contributed by atoms with E-state index in [-0.39, 0.29) is 18.2 Å². The van der Waals surface area contributed by atoms with Crippen molar-refractivity contribution in [3.8, 4) is 12.3 Å². The fourth-order valence-corrected chi connectivity index (χ4v) is 2.39. The summed E-state index contributed by atoms with van der Waals surface area (Å²) in [6, 6.07) is 14.1. The predicted octanol–water partition coefficient (Wildman–Crippen LogP) is 4.05. The second kappa shape index (κ2) is 8.16. The number of amides is 2. The molecule has 0 aliphatic rings. The molecular formula is C18H15BrN2O2. The van der Waals surface area contributed by atoms with Gasteiger partial charge in [0.05, 0.1) is 5.56 Å². The maximum Gasteiger partial charge on any atom is 0.256 e. The minimum Gasteiger partial charge on any atom is -0.326 e. The third-order valence-corrected chi connectivity index (χ3v) is 3.71. The molecule has 5 heteroatoms. The molecule has 0 aliphatic carbocycles. The number of carbonyl (C=O) groups excluding carboxylic acids is 2. The fraction of sp³-hybridized carbons (Fsp3) is 0.111. The molecule has 0 spiro atoms. The Hall–Kier alpha value is -2.58. The zero-order valence-corrected chi connectivity index (χ0v) is 13.9. The van der Waals surface area contributed by atoms with Crippen LogP contribution in [0.2, 0.25) is 0 Å². The summed E-state index contributed by atoms with van der Waals surface area (Å²) in [6.45, 7) is 0. The number of anilines is 2. The van der Waals surface area contributed by atoms with Gasteiger partial charge in [-0.2, -0.15) is 0 Å². The zero-order chi connectivity index (χ0) is 16.7. The Kier molecular flexibility index (Phi) is 5.95. The normalized spacial score (nSPS) is 9.74. The Morgan fingerprint density at radius 3 is 2.43 bits per heavy atom. The Morgan fingerprint density at radius 1 is 1.04 bits per heavy atom. The van der Waals surface area contributed by atoms with Crippen molar-refractivity contribution in [2.45, 2.75) is 12.8 Å². The average Bonchev–Trinajstić information content (AvgIpc) is 2.53. The van der Waals surface area contributed by atoms with Gasteiger partial charge in [0.1, 0.15) is 0 Å². The SMILES string of the molecule is C#CCCC(=O)Nc1cccc(NC(=O)c2ccccc2Br)c1. The molecule has 4 nitrogen and oxygen atoms in total. The van der Waals surface area contributed by atoms with Gasteiger partial charge in [-0.05, 0) is 46.3 Å². The number of hydrogen-bond donors (Lipinski definition) is 2. The van der Waals surface area contributed by atoms with Crippen LogP contribution in [0.15, 0.2) is 53.0 Å². The monoisotopic (exact) mass is 370 g/mol. The Morgan fingerprint density at radius 2 is 1.74 bits per heavy atom. The van der Waals surface area contributed by atoms with Crippen molar-refractivity contribution in [1.29, 1.82) is 0 Å². The summed E-state index contributed by atoms with van der Waals surface area (Å²) in [7, 11) is 0. The third-order valence-electron chi connectivity index (χ3n) is 3.02. The fourth-order valence-electron chi connectivity index (χ4n) is 1.93. The van der Waals surface area contributed by atoms with Crippen LogP contribution in [0, 0.1) is 12.3 Å². The van der Waals surface area contributed by atoms with Crippen molar-refractivity contribution < 1.29 is 9.59 Å². The summed E-state index contributed by atoms with van der Waals surface area (Å²) in [5.74, 6) is 2.04. The van der Waals surface area contributed by atoms with Gasteiger partial charge in [-0.3, -0.25) is 9.59 Å². The van der Waals surface area contributed by atoms with Gasteiger partial charge in [0.25, 0.3) is 5.91 Å². The van der Waals surface area contributed by atoms with Crippen LogP contribution in [-0.4, -0.2) is 11.8 Å². The van der Waals surface area contributed by atoms with Crippen molar-refractivity contribution >= 4 is 39.1 Å². The van der Waals surface area contributed by atoms with Gasteiger partial charge in [0.2, 0.25) is 5.91 Å². The van der Waals surface area contributed by atoms with Gasteiger partial charge in [0, 0.05) is 28.7 Å². The van der Waals surface area contributed by atoms with Crippen LogP contribution in [0.5, 0.6) is 0 Å². The topological polar surface area (TPSA) is 58.2 Å². The summed E-state index contributed by atoms with van der Waals surface area (Å²) in [4.78, 5) is 23.9. The number of benzene rings is 2. The summed E-state index contributed by atoms with van der Waals surface area (Å²) in [6.07, 6.45) is 5.80. The second-order valence-corrected chi connectivity index (χ2v) is 5.62. The summed E-state index contributed by atoms with van der Waals surface area (Å²) in [5, 5.41) is 5.55. The molecule has 23 heavy (non-hydrogen) atoms. The first-order valence-electron chi connectivity index (χ1n) is 6.99. The van der Waals surface area contributed by atoms with E-state index in [1.807, 2.05) is 6.07 Å². The van der Waals surface area contributed by atoms with E-state index in [1.165, 1.54) is 0 Å². The molecule has 116 valence electrons. The van der Waals surface area contributed by atoms with Crippen LogP contribution in [0.3, 0.4) is 0 Å². The third kappa shape index (κ3) is 4.97. The Labute approximate surface area is 143 Å². The summed E-state index contributed by atoms with van der Waals surface area (Å²) < 4.78 is 0.719. The number of nitrogens with one attached hydrogen (secondary N) is 2. The minimum absolute atomic E-state index is 0.155. The van der Waals surface area contributed by atoms with Gasteiger partial charge in [-0.25, -0.2) is 0 Å². The van der Waals surface area contributed by atoms with Crippen molar-refractivity contribution in [2.75, 3.05) is 10.6 Å². The highest BCUT2D eigenvalue weighted by molar-refractivity contribution is 9.10. The van der Waals surface area contributed by atoms with Crippen LogP contribution < -0.4 is 10.6 Å². The molecule has 2 rings (SSSR count). The average molecular weight is 371 g/mol. The smallest absolute Gasteiger partial charge is 0.256 e. The molecule has 0 aliphatic heterocycles. The van der Waals surface area contributed by atoms with E-state index in [0.29, 0.717) is 23.4 Å². The standard InChI is InChI=1S/C18H15BrN2O2/c1-2-3-11-17(22)20-13-7-6-8-14(12-13)21-18(23)15-9-4-5-10-16(15)19/h1,4-10,12H,3,11H2,(H,20,22)(H,21,23). The minimum atomic E-state index is -0.228. The molecular weight excluding hydrogens is 356 g/mol. The molecule has 2 aromatic rings. The van der Waals surface area contributed by atoms with Gasteiger partial charge in [0.15, 0.2) is 0 Å². The van der Waals surface area contributed by atoms with E-state index >= 15 is 0 Å². The molecule has 0 saturated carbocycles.